The number of hydrogen-bond donors (Lipinski definition) is 1. The predicted molar refractivity (Wildman–Crippen MR) is 59.0 cm³/mol. The Morgan fingerprint density at radius 1 is 1.36 bits per heavy atom. The first kappa shape index (κ1) is 11.0. The fourth-order valence-corrected chi connectivity index (χ4v) is 1.80. The van der Waals surface area contributed by atoms with Gasteiger partial charge in [-0.05, 0) is 12.8 Å². The molecular formula is C12H19NO. The van der Waals surface area contributed by atoms with Gasteiger partial charge in [0.25, 0.3) is 0 Å². The summed E-state index contributed by atoms with van der Waals surface area (Å²) in [6, 6.07) is 0.424. The molecule has 1 rings (SSSR count). The van der Waals surface area contributed by atoms with E-state index in [0.717, 1.165) is 12.8 Å². The molecule has 0 unspecified atom stereocenters. The van der Waals surface area contributed by atoms with E-state index in [-0.39, 0.29) is 5.91 Å². The largest absolute Gasteiger partial charge is 0.353 e. The fourth-order valence-electron chi connectivity index (χ4n) is 1.80. The van der Waals surface area contributed by atoms with Gasteiger partial charge >= 0.3 is 0 Å². The summed E-state index contributed by atoms with van der Waals surface area (Å²) in [6.07, 6.45) is 11.9. The summed E-state index contributed by atoms with van der Waals surface area (Å²) in [4.78, 5) is 11.4. The zero-order valence-electron chi connectivity index (χ0n) is 8.67. The Bertz CT molecular complexity index is 214. The van der Waals surface area contributed by atoms with E-state index in [1.54, 1.807) is 12.2 Å². The van der Waals surface area contributed by atoms with Gasteiger partial charge in [0, 0.05) is 12.5 Å². The lowest BCUT2D eigenvalue weighted by Gasteiger charge is -2.22. The average molecular weight is 193 g/mol. The monoisotopic (exact) mass is 193 g/mol. The van der Waals surface area contributed by atoms with Crippen LogP contribution in [-0.4, -0.2) is 11.9 Å². The average Bonchev–Trinajstić information content (AvgIpc) is 2.20. The molecule has 1 aliphatic rings. The molecule has 0 heterocycles. The molecule has 2 heteroatoms. The molecule has 1 amide bonds. The number of hydrogen-bond acceptors (Lipinski definition) is 1. The molecule has 0 bridgehead atoms. The maximum Gasteiger partial charge on any atom is 0.224 e. The quantitative estimate of drug-likeness (QED) is 0.683. The van der Waals surface area contributed by atoms with Gasteiger partial charge in [0.1, 0.15) is 0 Å². The van der Waals surface area contributed by atoms with Crippen molar-refractivity contribution in [1.29, 1.82) is 0 Å². The molecule has 0 spiro atoms. The van der Waals surface area contributed by atoms with Gasteiger partial charge in [-0.3, -0.25) is 4.79 Å². The molecule has 0 aromatic carbocycles. The van der Waals surface area contributed by atoms with Crippen LogP contribution in [0.1, 0.15) is 38.5 Å². The van der Waals surface area contributed by atoms with Crippen molar-refractivity contribution in [2.45, 2.75) is 44.6 Å². The Labute approximate surface area is 86.1 Å². The lowest BCUT2D eigenvalue weighted by Crippen LogP contribution is -2.35. The van der Waals surface area contributed by atoms with Gasteiger partial charge < -0.3 is 5.32 Å². The molecule has 0 aromatic heterocycles. The molecular weight excluding hydrogens is 174 g/mol. The van der Waals surface area contributed by atoms with Gasteiger partial charge in [-0.15, -0.1) is 0 Å². The second-order valence-corrected chi connectivity index (χ2v) is 3.77. The van der Waals surface area contributed by atoms with E-state index in [2.05, 4.69) is 11.9 Å². The first-order chi connectivity index (χ1) is 6.83. The van der Waals surface area contributed by atoms with Gasteiger partial charge in [0.2, 0.25) is 5.91 Å². The van der Waals surface area contributed by atoms with Gasteiger partial charge in [-0.25, -0.2) is 0 Å². The van der Waals surface area contributed by atoms with Crippen LogP contribution in [0.2, 0.25) is 0 Å². The topological polar surface area (TPSA) is 29.1 Å². The predicted octanol–water partition coefficient (Wildman–Crippen LogP) is 2.57. The molecule has 0 atom stereocenters. The SMILES string of the molecule is C=C/C=C/CC(=O)NC1CCCCC1. The van der Waals surface area contributed by atoms with E-state index in [0.29, 0.717) is 12.5 Å². The fraction of sp³-hybridized carbons (Fsp3) is 0.583. The van der Waals surface area contributed by atoms with Crippen molar-refractivity contribution in [3.8, 4) is 0 Å². The van der Waals surface area contributed by atoms with Crippen LogP contribution >= 0.6 is 0 Å². The summed E-state index contributed by atoms with van der Waals surface area (Å²) in [5.41, 5.74) is 0. The normalized spacial score (nSPS) is 18.3. The Morgan fingerprint density at radius 2 is 2.07 bits per heavy atom. The van der Waals surface area contributed by atoms with Crippen molar-refractivity contribution >= 4 is 5.91 Å². The first-order valence-electron chi connectivity index (χ1n) is 5.40. The molecule has 0 radical (unpaired) electrons. The van der Waals surface area contributed by atoms with Crippen LogP contribution in [0.25, 0.3) is 0 Å². The van der Waals surface area contributed by atoms with Crippen LogP contribution in [0.4, 0.5) is 0 Å². The Morgan fingerprint density at radius 3 is 2.71 bits per heavy atom. The molecule has 78 valence electrons. The molecule has 2 nitrogen and oxygen atoms in total. The minimum atomic E-state index is 0.134. The zero-order chi connectivity index (χ0) is 10.2. The van der Waals surface area contributed by atoms with Crippen LogP contribution < -0.4 is 5.32 Å². The van der Waals surface area contributed by atoms with E-state index in [4.69, 9.17) is 0 Å². The number of nitrogens with one attached hydrogen (secondary N) is 1. The summed E-state index contributed by atoms with van der Waals surface area (Å²) in [5.74, 6) is 0.134. The number of carbonyl (C=O) groups excluding carboxylic acids is 1. The van der Waals surface area contributed by atoms with Crippen LogP contribution in [0, 0.1) is 0 Å². The highest BCUT2D eigenvalue weighted by atomic mass is 16.1. The van der Waals surface area contributed by atoms with E-state index in [1.165, 1.54) is 19.3 Å². The lowest BCUT2D eigenvalue weighted by atomic mass is 9.95. The standard InChI is InChI=1S/C12H19NO/c1-2-3-5-10-12(14)13-11-8-6-4-7-9-11/h2-3,5,11H,1,4,6-10H2,(H,13,14)/b5-3+. The van der Waals surface area contributed by atoms with Crippen molar-refractivity contribution in [3.63, 3.8) is 0 Å². The molecule has 14 heavy (non-hydrogen) atoms. The number of carbonyl (C=O) groups is 1. The second-order valence-electron chi connectivity index (χ2n) is 3.77. The Hall–Kier alpha value is -1.05. The van der Waals surface area contributed by atoms with Crippen LogP contribution in [0.3, 0.4) is 0 Å². The third kappa shape index (κ3) is 4.26. The first-order valence-corrected chi connectivity index (χ1v) is 5.40. The van der Waals surface area contributed by atoms with Crippen molar-refractivity contribution in [2.24, 2.45) is 0 Å². The summed E-state index contributed by atoms with van der Waals surface area (Å²) in [5, 5.41) is 3.05. The number of rotatable bonds is 4. The van der Waals surface area contributed by atoms with E-state index >= 15 is 0 Å². The van der Waals surface area contributed by atoms with E-state index < -0.39 is 0 Å². The third-order valence-corrected chi connectivity index (χ3v) is 2.55. The van der Waals surface area contributed by atoms with Crippen LogP contribution in [0.15, 0.2) is 24.8 Å². The van der Waals surface area contributed by atoms with Crippen molar-refractivity contribution < 1.29 is 4.79 Å². The summed E-state index contributed by atoms with van der Waals surface area (Å²) >= 11 is 0. The van der Waals surface area contributed by atoms with Gasteiger partial charge in [0.15, 0.2) is 0 Å². The highest BCUT2D eigenvalue weighted by Gasteiger charge is 2.14. The zero-order valence-corrected chi connectivity index (χ0v) is 8.67. The minimum absolute atomic E-state index is 0.134. The molecule has 0 saturated heterocycles. The number of amides is 1. The summed E-state index contributed by atoms with van der Waals surface area (Å²) in [6.45, 7) is 3.55. The van der Waals surface area contributed by atoms with Gasteiger partial charge in [-0.2, -0.15) is 0 Å². The van der Waals surface area contributed by atoms with Gasteiger partial charge in [-0.1, -0.05) is 44.1 Å². The number of allylic oxidation sites excluding steroid dienone is 2. The molecule has 1 fully saturated rings. The molecule has 1 N–H and O–H groups in total. The smallest absolute Gasteiger partial charge is 0.224 e. The summed E-state index contributed by atoms with van der Waals surface area (Å²) < 4.78 is 0. The molecule has 1 aliphatic carbocycles. The maximum atomic E-state index is 11.4. The highest BCUT2D eigenvalue weighted by Crippen LogP contribution is 2.17. The molecule has 0 aliphatic heterocycles. The third-order valence-electron chi connectivity index (χ3n) is 2.55. The van der Waals surface area contributed by atoms with Crippen LogP contribution in [0.5, 0.6) is 0 Å². The molecule has 1 saturated carbocycles. The molecule has 0 aromatic rings. The van der Waals surface area contributed by atoms with E-state index in [1.807, 2.05) is 6.08 Å². The Balaban J connectivity index is 2.18. The van der Waals surface area contributed by atoms with Crippen LogP contribution in [-0.2, 0) is 4.79 Å². The van der Waals surface area contributed by atoms with Crippen molar-refractivity contribution in [1.82, 2.24) is 5.32 Å². The lowest BCUT2D eigenvalue weighted by molar-refractivity contribution is -0.121. The van der Waals surface area contributed by atoms with Gasteiger partial charge in [0.05, 0.1) is 0 Å². The van der Waals surface area contributed by atoms with Crippen molar-refractivity contribution in [2.75, 3.05) is 0 Å². The highest BCUT2D eigenvalue weighted by molar-refractivity contribution is 5.77. The second kappa shape index (κ2) is 6.41. The summed E-state index contributed by atoms with van der Waals surface area (Å²) in [7, 11) is 0. The Kier molecular flexibility index (Phi) is 5.05. The maximum absolute atomic E-state index is 11.4. The van der Waals surface area contributed by atoms with E-state index in [9.17, 15) is 4.79 Å². The minimum Gasteiger partial charge on any atom is -0.353 e. The van der Waals surface area contributed by atoms with Crippen molar-refractivity contribution in [3.05, 3.63) is 24.8 Å².